The number of rotatable bonds is 6. The predicted molar refractivity (Wildman–Crippen MR) is 88.0 cm³/mol. The zero-order valence-corrected chi connectivity index (χ0v) is 14.3. The van der Waals surface area contributed by atoms with Crippen LogP contribution in [0, 0.1) is 0 Å². The summed E-state index contributed by atoms with van der Waals surface area (Å²) < 4.78 is 7.47. The molecule has 2 rings (SSSR count). The summed E-state index contributed by atoms with van der Waals surface area (Å²) in [5, 5.41) is 4.46. The molecule has 1 saturated heterocycles. The fourth-order valence-electron chi connectivity index (χ4n) is 2.61. The summed E-state index contributed by atoms with van der Waals surface area (Å²) in [6, 6.07) is 0.245. The smallest absolute Gasteiger partial charge is 0.161 e. The molecule has 120 valence electrons. The van der Waals surface area contributed by atoms with E-state index < -0.39 is 0 Å². The molecule has 0 saturated carbocycles. The Morgan fingerprint density at radius 2 is 2.33 bits per heavy atom. The molecule has 0 radical (unpaired) electrons. The minimum atomic E-state index is -0.0811. The molecule has 2 N–H and O–H groups in total. The molecule has 1 aliphatic rings. The number of hydrogen-bond donors (Lipinski definition) is 1. The lowest BCUT2D eigenvalue weighted by Gasteiger charge is -2.36. The Kier molecular flexibility index (Phi) is 5.92. The van der Waals surface area contributed by atoms with E-state index in [-0.39, 0.29) is 6.04 Å². The summed E-state index contributed by atoms with van der Waals surface area (Å²) in [4.78, 5) is 4.50. The molecule has 2 atom stereocenters. The number of likely N-dealkylation sites (N-methyl/N-ethyl adjacent to an activating group) is 2. The average molecular weight is 313 g/mol. The average Bonchev–Trinajstić information content (AvgIpc) is 2.87. The first-order valence-electron chi connectivity index (χ1n) is 7.32. The topological polar surface area (TPSA) is 59.6 Å². The van der Waals surface area contributed by atoms with E-state index in [0.29, 0.717) is 6.04 Å². The molecule has 0 amide bonds. The fraction of sp³-hybridized carbons (Fsp3) is 0.786. The van der Waals surface area contributed by atoms with E-state index in [1.165, 1.54) is 5.75 Å². The monoisotopic (exact) mass is 313 g/mol. The van der Waals surface area contributed by atoms with Crippen LogP contribution in [-0.2, 0) is 6.54 Å². The van der Waals surface area contributed by atoms with E-state index in [1.54, 1.807) is 13.3 Å². The second-order valence-corrected chi connectivity index (χ2v) is 6.92. The third kappa shape index (κ3) is 3.91. The van der Waals surface area contributed by atoms with Gasteiger partial charge >= 0.3 is 0 Å². The first-order chi connectivity index (χ1) is 10.0. The highest BCUT2D eigenvalue weighted by Gasteiger charge is 2.31. The van der Waals surface area contributed by atoms with Crippen LogP contribution in [0.4, 0.5) is 0 Å². The van der Waals surface area contributed by atoms with Crippen molar-refractivity contribution in [2.75, 3.05) is 52.8 Å². The molecule has 7 heteroatoms. The van der Waals surface area contributed by atoms with Crippen LogP contribution in [0.15, 0.2) is 6.20 Å². The maximum absolute atomic E-state index is 6.58. The van der Waals surface area contributed by atoms with Crippen LogP contribution < -0.4 is 10.5 Å². The molecule has 0 aromatic carbocycles. The standard InChI is InChI=1S/C14H27N5OS/c1-17(2)5-6-19-14(12(20-4)9-16-19)13(15)11-10-21-8-7-18(11)3/h9,11,13H,5-8,10,15H2,1-4H3. The number of thioether (sulfide) groups is 1. The first kappa shape index (κ1) is 16.6. The molecule has 1 aromatic rings. The van der Waals surface area contributed by atoms with Gasteiger partial charge in [0.15, 0.2) is 5.75 Å². The molecule has 2 heterocycles. The predicted octanol–water partition coefficient (Wildman–Crippen LogP) is 0.500. The Morgan fingerprint density at radius 3 is 2.95 bits per heavy atom. The summed E-state index contributed by atoms with van der Waals surface area (Å²) in [7, 11) is 7.96. The highest BCUT2D eigenvalue weighted by atomic mass is 32.2. The summed E-state index contributed by atoms with van der Waals surface area (Å²) in [5.74, 6) is 3.03. The van der Waals surface area contributed by atoms with E-state index in [9.17, 15) is 0 Å². The maximum Gasteiger partial charge on any atom is 0.161 e. The lowest BCUT2D eigenvalue weighted by atomic mass is 10.1. The Bertz CT molecular complexity index is 451. The number of methoxy groups -OCH3 is 1. The molecule has 21 heavy (non-hydrogen) atoms. The summed E-state index contributed by atoms with van der Waals surface area (Å²) in [5.41, 5.74) is 7.59. The van der Waals surface area contributed by atoms with Gasteiger partial charge in [0, 0.05) is 30.6 Å². The van der Waals surface area contributed by atoms with Gasteiger partial charge in [0.05, 0.1) is 31.6 Å². The molecule has 1 aromatic heterocycles. The Labute approximate surface area is 131 Å². The molecular weight excluding hydrogens is 286 g/mol. The van der Waals surface area contributed by atoms with Gasteiger partial charge in [-0.15, -0.1) is 0 Å². The van der Waals surface area contributed by atoms with E-state index in [2.05, 4.69) is 36.0 Å². The van der Waals surface area contributed by atoms with Crippen molar-refractivity contribution in [3.63, 3.8) is 0 Å². The molecule has 0 spiro atoms. The summed E-state index contributed by atoms with van der Waals surface area (Å²) >= 11 is 1.97. The van der Waals surface area contributed by atoms with Gasteiger partial charge in [-0.25, -0.2) is 0 Å². The van der Waals surface area contributed by atoms with Gasteiger partial charge in [-0.2, -0.15) is 16.9 Å². The van der Waals surface area contributed by atoms with Crippen LogP contribution in [-0.4, -0.2) is 78.5 Å². The van der Waals surface area contributed by atoms with Gasteiger partial charge in [-0.1, -0.05) is 0 Å². The SMILES string of the molecule is COc1cnn(CCN(C)C)c1C(N)C1CSCCN1C. The van der Waals surface area contributed by atoms with Gasteiger partial charge in [-0.3, -0.25) is 9.58 Å². The minimum Gasteiger partial charge on any atom is -0.493 e. The number of aromatic nitrogens is 2. The third-order valence-electron chi connectivity index (χ3n) is 4.00. The number of nitrogens with zero attached hydrogens (tertiary/aromatic N) is 4. The van der Waals surface area contributed by atoms with Gasteiger partial charge in [0.25, 0.3) is 0 Å². The van der Waals surface area contributed by atoms with Gasteiger partial charge in [0.2, 0.25) is 0 Å². The van der Waals surface area contributed by atoms with Crippen LogP contribution in [0.5, 0.6) is 5.75 Å². The Morgan fingerprint density at radius 1 is 1.57 bits per heavy atom. The van der Waals surface area contributed by atoms with Crippen molar-refractivity contribution in [2.24, 2.45) is 5.73 Å². The lowest BCUT2D eigenvalue weighted by Crippen LogP contribution is -2.46. The normalized spacial score (nSPS) is 21.7. The van der Waals surface area contributed by atoms with Crippen LogP contribution in [0.2, 0.25) is 0 Å². The van der Waals surface area contributed by atoms with Crippen LogP contribution in [0.25, 0.3) is 0 Å². The van der Waals surface area contributed by atoms with Crippen molar-refractivity contribution in [2.45, 2.75) is 18.6 Å². The lowest BCUT2D eigenvalue weighted by molar-refractivity contribution is 0.228. The largest absolute Gasteiger partial charge is 0.493 e. The van der Waals surface area contributed by atoms with Crippen LogP contribution in [0.1, 0.15) is 11.7 Å². The van der Waals surface area contributed by atoms with Crippen LogP contribution >= 0.6 is 11.8 Å². The molecule has 1 fully saturated rings. The molecular formula is C14H27N5OS. The van der Waals surface area contributed by atoms with E-state index in [1.807, 2.05) is 16.4 Å². The molecule has 2 unspecified atom stereocenters. The quantitative estimate of drug-likeness (QED) is 0.825. The zero-order valence-electron chi connectivity index (χ0n) is 13.5. The summed E-state index contributed by atoms with van der Waals surface area (Å²) in [6.07, 6.45) is 1.78. The summed E-state index contributed by atoms with van der Waals surface area (Å²) in [6.45, 7) is 2.83. The Balaban J connectivity index is 2.20. The zero-order chi connectivity index (χ0) is 15.4. The van der Waals surface area contributed by atoms with Crippen molar-refractivity contribution in [1.29, 1.82) is 0 Å². The van der Waals surface area contributed by atoms with E-state index >= 15 is 0 Å². The van der Waals surface area contributed by atoms with Crippen LogP contribution in [0.3, 0.4) is 0 Å². The van der Waals surface area contributed by atoms with Crippen molar-refractivity contribution >= 4 is 11.8 Å². The highest BCUT2D eigenvalue weighted by molar-refractivity contribution is 7.99. The molecule has 6 nitrogen and oxygen atoms in total. The highest BCUT2D eigenvalue weighted by Crippen LogP contribution is 2.30. The second-order valence-electron chi connectivity index (χ2n) is 5.77. The van der Waals surface area contributed by atoms with Crippen molar-refractivity contribution in [1.82, 2.24) is 19.6 Å². The van der Waals surface area contributed by atoms with Crippen molar-refractivity contribution < 1.29 is 4.74 Å². The Hall–Kier alpha value is -0.760. The number of hydrogen-bond acceptors (Lipinski definition) is 6. The van der Waals surface area contributed by atoms with Gasteiger partial charge in [-0.05, 0) is 21.1 Å². The number of nitrogens with two attached hydrogens (primary N) is 1. The number of ether oxygens (including phenoxy) is 1. The van der Waals surface area contributed by atoms with Gasteiger partial charge in [0.1, 0.15) is 0 Å². The van der Waals surface area contributed by atoms with E-state index in [0.717, 1.165) is 36.8 Å². The van der Waals surface area contributed by atoms with Crippen molar-refractivity contribution in [3.05, 3.63) is 11.9 Å². The maximum atomic E-state index is 6.58. The molecule has 1 aliphatic heterocycles. The second kappa shape index (κ2) is 7.49. The van der Waals surface area contributed by atoms with Crippen molar-refractivity contribution in [3.8, 4) is 5.75 Å². The molecule has 0 aliphatic carbocycles. The minimum absolute atomic E-state index is 0.0811. The van der Waals surface area contributed by atoms with E-state index in [4.69, 9.17) is 10.5 Å². The first-order valence-corrected chi connectivity index (χ1v) is 8.48. The van der Waals surface area contributed by atoms with Gasteiger partial charge < -0.3 is 15.4 Å². The molecule has 0 bridgehead atoms. The fourth-order valence-corrected chi connectivity index (χ4v) is 3.90. The third-order valence-corrected chi connectivity index (χ3v) is 5.05.